The van der Waals surface area contributed by atoms with E-state index < -0.39 is 17.3 Å². The van der Waals surface area contributed by atoms with Crippen molar-refractivity contribution in [1.29, 1.82) is 0 Å². The molecular formula is C21H21FN4O3. The standard InChI is InChI=1S/C21H21FN4O3/c1-3-25(4-2)20(28)14-6-5-7-16(10-14)24-19(27)12-26-13-23-18-9-8-15(22)11-17(18)21(26)29/h5-11,13H,3-4,12H2,1-2H3,(H,24,27). The zero-order valence-corrected chi connectivity index (χ0v) is 16.2. The minimum absolute atomic E-state index is 0.104. The highest BCUT2D eigenvalue weighted by molar-refractivity contribution is 5.97. The summed E-state index contributed by atoms with van der Waals surface area (Å²) in [5.74, 6) is -1.13. The maximum Gasteiger partial charge on any atom is 0.261 e. The molecule has 0 spiro atoms. The Hall–Kier alpha value is -3.55. The second kappa shape index (κ2) is 8.64. The van der Waals surface area contributed by atoms with Gasteiger partial charge < -0.3 is 10.2 Å². The first-order valence-corrected chi connectivity index (χ1v) is 9.26. The minimum Gasteiger partial charge on any atom is -0.339 e. The zero-order valence-electron chi connectivity index (χ0n) is 16.2. The van der Waals surface area contributed by atoms with Gasteiger partial charge in [-0.2, -0.15) is 0 Å². The third kappa shape index (κ3) is 4.48. The Balaban J connectivity index is 1.77. The van der Waals surface area contributed by atoms with Gasteiger partial charge >= 0.3 is 0 Å². The molecule has 3 aromatic rings. The van der Waals surface area contributed by atoms with Crippen LogP contribution in [0.15, 0.2) is 53.6 Å². The summed E-state index contributed by atoms with van der Waals surface area (Å²) in [6, 6.07) is 10.3. The van der Waals surface area contributed by atoms with Crippen molar-refractivity contribution in [2.24, 2.45) is 0 Å². The minimum atomic E-state index is -0.548. The van der Waals surface area contributed by atoms with Crippen LogP contribution in [0.4, 0.5) is 10.1 Å². The molecule has 0 saturated heterocycles. The van der Waals surface area contributed by atoms with E-state index in [1.807, 2.05) is 13.8 Å². The van der Waals surface area contributed by atoms with Crippen molar-refractivity contribution in [2.45, 2.75) is 20.4 Å². The van der Waals surface area contributed by atoms with Crippen molar-refractivity contribution in [3.8, 4) is 0 Å². The largest absolute Gasteiger partial charge is 0.339 e. The molecule has 1 N–H and O–H groups in total. The first kappa shape index (κ1) is 20.2. The van der Waals surface area contributed by atoms with Crippen LogP contribution in [0, 0.1) is 5.82 Å². The van der Waals surface area contributed by atoms with Gasteiger partial charge in [-0.3, -0.25) is 19.0 Å². The summed E-state index contributed by atoms with van der Waals surface area (Å²) in [5, 5.41) is 2.78. The predicted molar refractivity (Wildman–Crippen MR) is 108 cm³/mol. The molecule has 7 nitrogen and oxygen atoms in total. The summed E-state index contributed by atoms with van der Waals surface area (Å²) in [7, 11) is 0. The van der Waals surface area contributed by atoms with Gasteiger partial charge in [0.2, 0.25) is 5.91 Å². The van der Waals surface area contributed by atoms with E-state index >= 15 is 0 Å². The molecule has 0 fully saturated rings. The van der Waals surface area contributed by atoms with Crippen LogP contribution >= 0.6 is 0 Å². The lowest BCUT2D eigenvalue weighted by Gasteiger charge is -2.19. The van der Waals surface area contributed by atoms with Crippen LogP contribution in [-0.2, 0) is 11.3 Å². The smallest absolute Gasteiger partial charge is 0.261 e. The van der Waals surface area contributed by atoms with Crippen molar-refractivity contribution in [3.63, 3.8) is 0 Å². The van der Waals surface area contributed by atoms with E-state index in [2.05, 4.69) is 10.3 Å². The van der Waals surface area contributed by atoms with Gasteiger partial charge in [-0.05, 0) is 50.2 Å². The van der Waals surface area contributed by atoms with E-state index in [9.17, 15) is 18.8 Å². The first-order chi connectivity index (χ1) is 13.9. The topological polar surface area (TPSA) is 84.3 Å². The van der Waals surface area contributed by atoms with Crippen LogP contribution in [0.3, 0.4) is 0 Å². The molecule has 0 saturated carbocycles. The lowest BCUT2D eigenvalue weighted by molar-refractivity contribution is -0.116. The van der Waals surface area contributed by atoms with Crippen molar-refractivity contribution >= 4 is 28.4 Å². The van der Waals surface area contributed by atoms with Crippen LogP contribution in [0.1, 0.15) is 24.2 Å². The lowest BCUT2D eigenvalue weighted by Crippen LogP contribution is -2.30. The Kier molecular flexibility index (Phi) is 6.01. The van der Waals surface area contributed by atoms with Crippen molar-refractivity contribution in [1.82, 2.24) is 14.5 Å². The summed E-state index contributed by atoms with van der Waals surface area (Å²) in [4.78, 5) is 43.1. The van der Waals surface area contributed by atoms with Gasteiger partial charge in [0.25, 0.3) is 11.5 Å². The lowest BCUT2D eigenvalue weighted by atomic mass is 10.1. The molecule has 0 bridgehead atoms. The van der Waals surface area contributed by atoms with Gasteiger partial charge in [-0.25, -0.2) is 9.37 Å². The van der Waals surface area contributed by atoms with Crippen LogP contribution < -0.4 is 10.9 Å². The zero-order chi connectivity index (χ0) is 21.0. The fourth-order valence-corrected chi connectivity index (χ4v) is 3.02. The average Bonchev–Trinajstić information content (AvgIpc) is 2.71. The summed E-state index contributed by atoms with van der Waals surface area (Å²) >= 11 is 0. The monoisotopic (exact) mass is 396 g/mol. The van der Waals surface area contributed by atoms with Crippen molar-refractivity contribution < 1.29 is 14.0 Å². The second-order valence-electron chi connectivity index (χ2n) is 6.45. The number of rotatable bonds is 6. The number of nitrogens with one attached hydrogen (secondary N) is 1. The second-order valence-corrected chi connectivity index (χ2v) is 6.45. The molecule has 0 aliphatic carbocycles. The number of fused-ring (bicyclic) bond motifs is 1. The maximum absolute atomic E-state index is 13.4. The van der Waals surface area contributed by atoms with Crippen LogP contribution in [0.25, 0.3) is 10.9 Å². The van der Waals surface area contributed by atoms with E-state index in [1.165, 1.54) is 18.5 Å². The number of hydrogen-bond acceptors (Lipinski definition) is 4. The summed E-state index contributed by atoms with van der Waals surface area (Å²) in [6.07, 6.45) is 1.25. The van der Waals surface area contributed by atoms with E-state index in [-0.39, 0.29) is 17.8 Å². The van der Waals surface area contributed by atoms with E-state index in [4.69, 9.17) is 0 Å². The van der Waals surface area contributed by atoms with E-state index in [1.54, 1.807) is 29.2 Å². The molecule has 0 atom stereocenters. The molecule has 1 heterocycles. The van der Waals surface area contributed by atoms with Gasteiger partial charge in [0.15, 0.2) is 0 Å². The molecule has 0 aliphatic rings. The fourth-order valence-electron chi connectivity index (χ4n) is 3.02. The Morgan fingerprint density at radius 3 is 2.62 bits per heavy atom. The quantitative estimate of drug-likeness (QED) is 0.694. The van der Waals surface area contributed by atoms with E-state index in [0.29, 0.717) is 29.9 Å². The number of hydrogen-bond donors (Lipinski definition) is 1. The predicted octanol–water partition coefficient (Wildman–Crippen LogP) is 2.66. The number of amides is 2. The summed E-state index contributed by atoms with van der Waals surface area (Å²) in [6.45, 7) is 4.68. The number of carbonyl (C=O) groups excluding carboxylic acids is 2. The molecule has 150 valence electrons. The summed E-state index contributed by atoms with van der Waals surface area (Å²) < 4.78 is 14.5. The van der Waals surface area contributed by atoms with Crippen molar-refractivity contribution in [3.05, 3.63) is 70.5 Å². The molecule has 8 heteroatoms. The highest BCUT2D eigenvalue weighted by atomic mass is 19.1. The van der Waals surface area contributed by atoms with Crippen molar-refractivity contribution in [2.75, 3.05) is 18.4 Å². The Labute approximate surface area is 166 Å². The van der Waals surface area contributed by atoms with Gasteiger partial charge in [-0.15, -0.1) is 0 Å². The van der Waals surface area contributed by atoms with Gasteiger partial charge in [0.05, 0.1) is 17.2 Å². The molecule has 3 rings (SSSR count). The molecule has 0 aliphatic heterocycles. The molecule has 2 aromatic carbocycles. The van der Waals surface area contributed by atoms with Gasteiger partial charge in [0.1, 0.15) is 12.4 Å². The molecule has 2 amide bonds. The molecule has 0 radical (unpaired) electrons. The Morgan fingerprint density at radius 1 is 1.14 bits per heavy atom. The third-order valence-corrected chi connectivity index (χ3v) is 4.54. The van der Waals surface area contributed by atoms with Crippen LogP contribution in [-0.4, -0.2) is 39.4 Å². The number of aromatic nitrogens is 2. The van der Waals surface area contributed by atoms with Gasteiger partial charge in [0, 0.05) is 24.3 Å². The highest BCUT2D eigenvalue weighted by Crippen LogP contribution is 2.13. The van der Waals surface area contributed by atoms with Crippen LogP contribution in [0.2, 0.25) is 0 Å². The Morgan fingerprint density at radius 2 is 1.90 bits per heavy atom. The fraction of sp³-hybridized carbons (Fsp3) is 0.238. The number of halogens is 1. The third-order valence-electron chi connectivity index (χ3n) is 4.54. The molecule has 0 unspecified atom stereocenters. The molecule has 1 aromatic heterocycles. The number of nitrogens with zero attached hydrogens (tertiary/aromatic N) is 3. The Bertz CT molecular complexity index is 1120. The summed E-state index contributed by atoms with van der Waals surface area (Å²) in [5.41, 5.74) is 0.762. The molecular weight excluding hydrogens is 375 g/mol. The maximum atomic E-state index is 13.4. The number of carbonyl (C=O) groups is 2. The van der Waals surface area contributed by atoms with Gasteiger partial charge in [-0.1, -0.05) is 6.07 Å². The number of benzene rings is 2. The normalized spacial score (nSPS) is 10.7. The number of anilines is 1. The van der Waals surface area contributed by atoms with E-state index in [0.717, 1.165) is 10.6 Å². The first-order valence-electron chi connectivity index (χ1n) is 9.26. The van der Waals surface area contributed by atoms with Crippen LogP contribution in [0.5, 0.6) is 0 Å². The highest BCUT2D eigenvalue weighted by Gasteiger charge is 2.14. The molecule has 29 heavy (non-hydrogen) atoms. The SMILES string of the molecule is CCN(CC)C(=O)c1cccc(NC(=O)Cn2cnc3ccc(F)cc3c2=O)c1. The average molecular weight is 396 g/mol.